The summed E-state index contributed by atoms with van der Waals surface area (Å²) in [4.78, 5) is 2.21. The van der Waals surface area contributed by atoms with Gasteiger partial charge in [-0.3, -0.25) is 0 Å². The van der Waals surface area contributed by atoms with Crippen LogP contribution in [0.2, 0.25) is 5.02 Å². The lowest BCUT2D eigenvalue weighted by Crippen LogP contribution is -2.19. The molecule has 0 aliphatic carbocycles. The van der Waals surface area contributed by atoms with Gasteiger partial charge in [-0.25, -0.2) is 4.39 Å². The number of unbranched alkanes of at least 4 members (excludes halogenated alkanes) is 2. The summed E-state index contributed by atoms with van der Waals surface area (Å²) in [7, 11) is 2.06. The molecule has 17 heavy (non-hydrogen) atoms. The number of alkyl halides is 1. The Labute approximate surface area is 116 Å². The first kappa shape index (κ1) is 14.9. The van der Waals surface area contributed by atoms with Crippen molar-refractivity contribution < 1.29 is 4.39 Å². The average Bonchev–Trinajstić information content (AvgIpc) is 2.30. The van der Waals surface area contributed by atoms with Gasteiger partial charge in [0.2, 0.25) is 0 Å². The molecule has 96 valence electrons. The molecule has 0 spiro atoms. The van der Waals surface area contributed by atoms with Gasteiger partial charge in [-0.2, -0.15) is 0 Å². The van der Waals surface area contributed by atoms with E-state index in [-0.39, 0.29) is 10.8 Å². The Hall–Kier alpha value is -0.120. The Morgan fingerprint density at radius 2 is 2.06 bits per heavy atom. The Kier molecular flexibility index (Phi) is 7.09. The number of hydrogen-bond donors (Lipinski definition) is 0. The van der Waals surface area contributed by atoms with Crippen molar-refractivity contribution in [3.8, 4) is 0 Å². The third-order valence-corrected chi connectivity index (χ3v) is 3.48. The van der Waals surface area contributed by atoms with Crippen LogP contribution in [0.3, 0.4) is 0 Å². The third-order valence-electron chi connectivity index (χ3n) is 2.61. The molecule has 1 aromatic carbocycles. The average molecular weight is 323 g/mol. The van der Waals surface area contributed by atoms with Crippen molar-refractivity contribution in [1.29, 1.82) is 0 Å². The van der Waals surface area contributed by atoms with E-state index in [1.807, 2.05) is 6.07 Å². The highest BCUT2D eigenvalue weighted by molar-refractivity contribution is 9.09. The smallest absolute Gasteiger partial charge is 0.142 e. The van der Waals surface area contributed by atoms with Crippen molar-refractivity contribution in [2.75, 3.05) is 18.9 Å². The second-order valence-electron chi connectivity index (χ2n) is 4.24. The van der Waals surface area contributed by atoms with Gasteiger partial charge in [0, 0.05) is 11.9 Å². The minimum absolute atomic E-state index is 0.189. The lowest BCUT2D eigenvalue weighted by atomic mass is 10.2. The number of halogens is 3. The standard InChI is InChI=1S/C13H18BrClFN/c1-17(8-4-2-3-7-14)10-11-5-6-12(15)13(16)9-11/h5-6,9H,2-4,7-8,10H2,1H3. The summed E-state index contributed by atoms with van der Waals surface area (Å²) >= 11 is 9.06. The maximum absolute atomic E-state index is 13.2. The van der Waals surface area contributed by atoms with Crippen LogP contribution >= 0.6 is 27.5 Å². The first-order chi connectivity index (χ1) is 8.13. The van der Waals surface area contributed by atoms with Crippen LogP contribution in [0, 0.1) is 5.82 Å². The summed E-state index contributed by atoms with van der Waals surface area (Å²) in [5.74, 6) is -0.336. The van der Waals surface area contributed by atoms with E-state index in [1.165, 1.54) is 25.3 Å². The molecule has 0 aliphatic heterocycles. The first-order valence-electron chi connectivity index (χ1n) is 5.82. The second kappa shape index (κ2) is 8.06. The zero-order valence-corrected chi connectivity index (χ0v) is 12.4. The minimum Gasteiger partial charge on any atom is -0.302 e. The van der Waals surface area contributed by atoms with Gasteiger partial charge in [0.05, 0.1) is 5.02 Å². The highest BCUT2D eigenvalue weighted by atomic mass is 79.9. The van der Waals surface area contributed by atoms with E-state index in [0.717, 1.165) is 24.0 Å². The van der Waals surface area contributed by atoms with Crippen LogP contribution in [0.5, 0.6) is 0 Å². The number of benzene rings is 1. The topological polar surface area (TPSA) is 3.24 Å². The molecule has 0 aromatic heterocycles. The van der Waals surface area contributed by atoms with Gasteiger partial charge in [-0.15, -0.1) is 0 Å². The van der Waals surface area contributed by atoms with Gasteiger partial charge in [0.15, 0.2) is 0 Å². The molecule has 0 radical (unpaired) electrons. The summed E-state index contributed by atoms with van der Waals surface area (Å²) in [5, 5.41) is 1.26. The Morgan fingerprint density at radius 1 is 1.29 bits per heavy atom. The molecule has 0 fully saturated rings. The van der Waals surface area contributed by atoms with Crippen LogP contribution in [-0.2, 0) is 6.54 Å². The van der Waals surface area contributed by atoms with Crippen LogP contribution in [0.4, 0.5) is 4.39 Å². The first-order valence-corrected chi connectivity index (χ1v) is 7.32. The van der Waals surface area contributed by atoms with Gasteiger partial charge in [0.1, 0.15) is 5.82 Å². The molecule has 1 aromatic rings. The fourth-order valence-electron chi connectivity index (χ4n) is 1.68. The van der Waals surface area contributed by atoms with E-state index in [9.17, 15) is 4.39 Å². The maximum Gasteiger partial charge on any atom is 0.142 e. The minimum atomic E-state index is -0.336. The van der Waals surface area contributed by atoms with Crippen molar-refractivity contribution >= 4 is 27.5 Å². The molecular formula is C13H18BrClFN. The molecule has 0 saturated carbocycles. The summed E-state index contributed by atoms with van der Waals surface area (Å²) in [6, 6.07) is 5.00. The second-order valence-corrected chi connectivity index (χ2v) is 5.44. The van der Waals surface area contributed by atoms with Crippen LogP contribution in [0.25, 0.3) is 0 Å². The summed E-state index contributed by atoms with van der Waals surface area (Å²) in [6.07, 6.45) is 3.62. The lowest BCUT2D eigenvalue weighted by Gasteiger charge is -2.16. The lowest BCUT2D eigenvalue weighted by molar-refractivity contribution is 0.318. The monoisotopic (exact) mass is 321 g/mol. The zero-order chi connectivity index (χ0) is 12.7. The molecule has 0 saturated heterocycles. The molecule has 4 heteroatoms. The van der Waals surface area contributed by atoms with Gasteiger partial charge < -0.3 is 4.90 Å². The van der Waals surface area contributed by atoms with Crippen molar-refractivity contribution in [2.45, 2.75) is 25.8 Å². The predicted molar refractivity (Wildman–Crippen MR) is 75.4 cm³/mol. The summed E-state index contributed by atoms with van der Waals surface area (Å²) in [5.41, 5.74) is 0.967. The van der Waals surface area contributed by atoms with Crippen molar-refractivity contribution in [1.82, 2.24) is 4.90 Å². The molecule has 0 atom stereocenters. The third kappa shape index (κ3) is 5.84. The molecule has 0 amide bonds. The summed E-state index contributed by atoms with van der Waals surface area (Å²) in [6.45, 7) is 1.81. The normalized spacial score (nSPS) is 11.1. The molecule has 0 bridgehead atoms. The van der Waals surface area contributed by atoms with Crippen LogP contribution in [0.1, 0.15) is 24.8 Å². The number of hydrogen-bond acceptors (Lipinski definition) is 1. The van der Waals surface area contributed by atoms with E-state index in [4.69, 9.17) is 11.6 Å². The highest BCUT2D eigenvalue weighted by Gasteiger charge is 2.04. The molecule has 0 aliphatic rings. The van der Waals surface area contributed by atoms with E-state index >= 15 is 0 Å². The number of nitrogens with zero attached hydrogens (tertiary/aromatic N) is 1. The predicted octanol–water partition coefficient (Wildman–Crippen LogP) is 4.48. The maximum atomic E-state index is 13.2. The Balaban J connectivity index is 2.34. The van der Waals surface area contributed by atoms with Crippen LogP contribution in [-0.4, -0.2) is 23.8 Å². The van der Waals surface area contributed by atoms with E-state index in [2.05, 4.69) is 27.9 Å². The molecule has 0 N–H and O–H groups in total. The summed E-state index contributed by atoms with van der Waals surface area (Å²) < 4.78 is 13.2. The molecule has 0 unspecified atom stereocenters. The molecule has 0 heterocycles. The van der Waals surface area contributed by atoms with E-state index < -0.39 is 0 Å². The van der Waals surface area contributed by atoms with E-state index in [0.29, 0.717) is 0 Å². The van der Waals surface area contributed by atoms with Crippen molar-refractivity contribution in [3.05, 3.63) is 34.6 Å². The largest absolute Gasteiger partial charge is 0.302 e. The van der Waals surface area contributed by atoms with Crippen molar-refractivity contribution in [3.63, 3.8) is 0 Å². The fraction of sp³-hybridized carbons (Fsp3) is 0.538. The highest BCUT2D eigenvalue weighted by Crippen LogP contribution is 2.16. The quantitative estimate of drug-likeness (QED) is 0.528. The Morgan fingerprint density at radius 3 is 2.71 bits per heavy atom. The van der Waals surface area contributed by atoms with Crippen LogP contribution in [0.15, 0.2) is 18.2 Å². The van der Waals surface area contributed by atoms with Crippen LogP contribution < -0.4 is 0 Å². The van der Waals surface area contributed by atoms with Crippen molar-refractivity contribution in [2.24, 2.45) is 0 Å². The molecule has 1 nitrogen and oxygen atoms in total. The van der Waals surface area contributed by atoms with Gasteiger partial charge in [-0.05, 0) is 44.1 Å². The molecule has 1 rings (SSSR count). The fourth-order valence-corrected chi connectivity index (χ4v) is 2.20. The number of rotatable bonds is 7. The zero-order valence-electron chi connectivity index (χ0n) is 10.1. The van der Waals surface area contributed by atoms with Gasteiger partial charge in [0.25, 0.3) is 0 Å². The molecular weight excluding hydrogens is 305 g/mol. The van der Waals surface area contributed by atoms with E-state index in [1.54, 1.807) is 6.07 Å². The SMILES string of the molecule is CN(CCCCCBr)Cc1ccc(Cl)c(F)c1. The van der Waals surface area contributed by atoms with Gasteiger partial charge in [-0.1, -0.05) is 40.0 Å². The Bertz CT molecular complexity index is 346. The van der Waals surface area contributed by atoms with Gasteiger partial charge >= 0.3 is 0 Å².